The molecule has 3 aromatic carbocycles. The Morgan fingerprint density at radius 2 is 1.41 bits per heavy atom. The summed E-state index contributed by atoms with van der Waals surface area (Å²) in [5.74, 6) is -0.698. The predicted octanol–water partition coefficient (Wildman–Crippen LogP) is 4.25. The van der Waals surface area contributed by atoms with Crippen LogP contribution in [-0.2, 0) is 10.4 Å². The van der Waals surface area contributed by atoms with Gasteiger partial charge in [-0.1, -0.05) is 83.9 Å². The molecule has 0 saturated heterocycles. The lowest BCUT2D eigenvalue weighted by Gasteiger charge is -2.28. The van der Waals surface area contributed by atoms with Crippen molar-refractivity contribution in [3.05, 3.63) is 100 Å². The number of aliphatic hydroxyl groups is 1. The van der Waals surface area contributed by atoms with Gasteiger partial charge in [0, 0.05) is 5.02 Å². The van der Waals surface area contributed by atoms with Gasteiger partial charge in [0.15, 0.2) is 10.7 Å². The first kappa shape index (κ1) is 21.1. The SMILES string of the molecule is O=C(NNC(=S)Nc1cc(Cl)ccc1Cl)C(O)(c1ccccc1)c1ccccc1. The van der Waals surface area contributed by atoms with Crippen molar-refractivity contribution in [2.45, 2.75) is 5.60 Å². The third-order valence-electron chi connectivity index (χ3n) is 4.18. The first-order chi connectivity index (χ1) is 13.9. The van der Waals surface area contributed by atoms with Crippen LogP contribution < -0.4 is 16.2 Å². The molecule has 0 bridgehead atoms. The maximum absolute atomic E-state index is 13.0. The molecule has 0 aromatic heterocycles. The third-order valence-corrected chi connectivity index (χ3v) is 4.95. The fourth-order valence-corrected chi connectivity index (χ4v) is 3.24. The molecule has 0 unspecified atom stereocenters. The number of anilines is 1. The fraction of sp³-hybridized carbons (Fsp3) is 0.0476. The zero-order valence-electron chi connectivity index (χ0n) is 15.0. The topological polar surface area (TPSA) is 73.4 Å². The van der Waals surface area contributed by atoms with Crippen molar-refractivity contribution in [2.24, 2.45) is 0 Å². The molecule has 3 rings (SSSR count). The number of hydrogen-bond acceptors (Lipinski definition) is 3. The minimum absolute atomic E-state index is 0.0750. The van der Waals surface area contributed by atoms with E-state index in [1.165, 1.54) is 0 Å². The van der Waals surface area contributed by atoms with Crippen LogP contribution in [0.15, 0.2) is 78.9 Å². The molecule has 0 radical (unpaired) electrons. The van der Waals surface area contributed by atoms with Gasteiger partial charge in [-0.3, -0.25) is 15.6 Å². The number of amides is 1. The van der Waals surface area contributed by atoms with Crippen LogP contribution in [0, 0.1) is 0 Å². The van der Waals surface area contributed by atoms with Crippen molar-refractivity contribution in [3.8, 4) is 0 Å². The van der Waals surface area contributed by atoms with Crippen molar-refractivity contribution in [1.29, 1.82) is 0 Å². The van der Waals surface area contributed by atoms with E-state index in [0.29, 0.717) is 26.9 Å². The summed E-state index contributed by atoms with van der Waals surface area (Å²) in [4.78, 5) is 13.0. The van der Waals surface area contributed by atoms with Gasteiger partial charge >= 0.3 is 0 Å². The molecule has 148 valence electrons. The van der Waals surface area contributed by atoms with Crippen molar-refractivity contribution in [1.82, 2.24) is 10.9 Å². The lowest BCUT2D eigenvalue weighted by atomic mass is 9.85. The summed E-state index contributed by atoms with van der Waals surface area (Å²) < 4.78 is 0. The Morgan fingerprint density at radius 1 is 0.862 bits per heavy atom. The molecule has 4 N–H and O–H groups in total. The Bertz CT molecular complexity index is 977. The van der Waals surface area contributed by atoms with Crippen LogP contribution >= 0.6 is 35.4 Å². The fourth-order valence-electron chi connectivity index (χ4n) is 2.74. The number of hydrogen-bond donors (Lipinski definition) is 4. The minimum atomic E-state index is -1.92. The molecule has 0 aliphatic heterocycles. The minimum Gasteiger partial charge on any atom is -0.372 e. The lowest BCUT2D eigenvalue weighted by Crippen LogP contribution is -2.53. The normalized spacial score (nSPS) is 10.9. The Hall–Kier alpha value is -2.64. The molecule has 1 amide bonds. The number of benzene rings is 3. The summed E-state index contributed by atoms with van der Waals surface area (Å²) in [5.41, 5.74) is 4.44. The predicted molar refractivity (Wildman–Crippen MR) is 120 cm³/mol. The second-order valence-electron chi connectivity index (χ2n) is 6.10. The number of carbonyl (C=O) groups excluding carboxylic acids is 1. The van der Waals surface area contributed by atoms with E-state index in [2.05, 4.69) is 16.2 Å². The Labute approximate surface area is 183 Å². The monoisotopic (exact) mass is 445 g/mol. The summed E-state index contributed by atoms with van der Waals surface area (Å²) in [7, 11) is 0. The molecular weight excluding hydrogens is 429 g/mol. The number of rotatable bonds is 4. The lowest BCUT2D eigenvalue weighted by molar-refractivity contribution is -0.137. The number of hydrazine groups is 1. The second-order valence-corrected chi connectivity index (χ2v) is 7.35. The summed E-state index contributed by atoms with van der Waals surface area (Å²) in [6, 6.07) is 22.2. The van der Waals surface area contributed by atoms with Crippen LogP contribution in [0.1, 0.15) is 11.1 Å². The number of halogens is 2. The van der Waals surface area contributed by atoms with Gasteiger partial charge in [-0.25, -0.2) is 0 Å². The van der Waals surface area contributed by atoms with Crippen LogP contribution in [0.4, 0.5) is 5.69 Å². The summed E-state index contributed by atoms with van der Waals surface area (Å²) in [6.07, 6.45) is 0. The molecule has 0 aliphatic carbocycles. The summed E-state index contributed by atoms with van der Waals surface area (Å²) >= 11 is 17.3. The van der Waals surface area contributed by atoms with Crippen LogP contribution in [0.5, 0.6) is 0 Å². The highest BCUT2D eigenvalue weighted by molar-refractivity contribution is 7.80. The van der Waals surface area contributed by atoms with E-state index in [0.717, 1.165) is 0 Å². The molecule has 0 fully saturated rings. The largest absolute Gasteiger partial charge is 0.372 e. The van der Waals surface area contributed by atoms with E-state index >= 15 is 0 Å². The van der Waals surface area contributed by atoms with Crippen LogP contribution in [0.3, 0.4) is 0 Å². The smallest absolute Gasteiger partial charge is 0.279 e. The first-order valence-corrected chi connectivity index (χ1v) is 9.73. The van der Waals surface area contributed by atoms with Crippen LogP contribution in [0.25, 0.3) is 0 Å². The van der Waals surface area contributed by atoms with Gasteiger partial charge in [0.05, 0.1) is 10.7 Å². The van der Waals surface area contributed by atoms with E-state index in [1.807, 2.05) is 0 Å². The van der Waals surface area contributed by atoms with E-state index in [4.69, 9.17) is 35.4 Å². The molecule has 0 heterocycles. The van der Waals surface area contributed by atoms with Gasteiger partial charge in [0.1, 0.15) is 0 Å². The molecule has 0 aliphatic rings. The number of carbonyl (C=O) groups is 1. The zero-order chi connectivity index (χ0) is 20.9. The van der Waals surface area contributed by atoms with E-state index in [-0.39, 0.29) is 5.11 Å². The highest BCUT2D eigenvalue weighted by Crippen LogP contribution is 2.29. The molecular formula is C21H17Cl2N3O2S. The van der Waals surface area contributed by atoms with Crippen molar-refractivity contribution in [3.63, 3.8) is 0 Å². The summed E-state index contributed by atoms with van der Waals surface area (Å²) in [5, 5.41) is 15.2. The second kappa shape index (κ2) is 9.24. The Morgan fingerprint density at radius 3 is 1.97 bits per heavy atom. The third kappa shape index (κ3) is 4.86. The Balaban J connectivity index is 1.77. The maximum Gasteiger partial charge on any atom is 0.279 e. The van der Waals surface area contributed by atoms with Gasteiger partial charge in [-0.05, 0) is 41.5 Å². The summed E-state index contributed by atoms with van der Waals surface area (Å²) in [6.45, 7) is 0. The average Bonchev–Trinajstić information content (AvgIpc) is 2.75. The first-order valence-electron chi connectivity index (χ1n) is 8.57. The standard InChI is InChI=1S/C21H17Cl2N3O2S/c22-16-11-12-17(23)18(13-16)24-20(29)26-25-19(27)21(28,14-7-3-1-4-8-14)15-9-5-2-6-10-15/h1-13,28H,(H,25,27)(H2,24,26,29). The molecule has 0 spiro atoms. The molecule has 5 nitrogen and oxygen atoms in total. The van der Waals surface area contributed by atoms with E-state index in [1.54, 1.807) is 78.9 Å². The number of thiocarbonyl (C=S) groups is 1. The molecule has 0 saturated carbocycles. The van der Waals surface area contributed by atoms with Crippen molar-refractivity contribution in [2.75, 3.05) is 5.32 Å². The van der Waals surface area contributed by atoms with Gasteiger partial charge in [0.2, 0.25) is 0 Å². The molecule has 8 heteroatoms. The molecule has 29 heavy (non-hydrogen) atoms. The average molecular weight is 446 g/mol. The van der Waals surface area contributed by atoms with Crippen LogP contribution in [-0.4, -0.2) is 16.1 Å². The van der Waals surface area contributed by atoms with Crippen molar-refractivity contribution >= 4 is 52.1 Å². The van der Waals surface area contributed by atoms with E-state index < -0.39 is 11.5 Å². The quantitative estimate of drug-likeness (QED) is 0.356. The van der Waals surface area contributed by atoms with E-state index in [9.17, 15) is 9.90 Å². The van der Waals surface area contributed by atoms with Gasteiger partial charge in [-0.2, -0.15) is 0 Å². The molecule has 0 atom stereocenters. The zero-order valence-corrected chi connectivity index (χ0v) is 17.4. The maximum atomic E-state index is 13.0. The van der Waals surface area contributed by atoms with Gasteiger partial charge in [0.25, 0.3) is 5.91 Å². The van der Waals surface area contributed by atoms with Crippen LogP contribution in [0.2, 0.25) is 10.0 Å². The van der Waals surface area contributed by atoms with Crippen molar-refractivity contribution < 1.29 is 9.90 Å². The Kier molecular flexibility index (Phi) is 6.71. The molecule has 3 aromatic rings. The van der Waals surface area contributed by atoms with Gasteiger partial charge in [-0.15, -0.1) is 0 Å². The number of nitrogens with one attached hydrogen (secondary N) is 3. The highest BCUT2D eigenvalue weighted by atomic mass is 35.5. The highest BCUT2D eigenvalue weighted by Gasteiger charge is 2.40. The van der Waals surface area contributed by atoms with Gasteiger partial charge < -0.3 is 10.4 Å².